The van der Waals surface area contributed by atoms with Crippen molar-refractivity contribution in [1.82, 2.24) is 14.5 Å². The third-order valence-corrected chi connectivity index (χ3v) is 5.33. The molecular formula is C13H16N4O2S2. The molecule has 112 valence electrons. The number of hydrogen-bond acceptors (Lipinski definition) is 6. The smallest absolute Gasteiger partial charge is 0.301 e. The molecule has 0 saturated heterocycles. The van der Waals surface area contributed by atoms with Gasteiger partial charge in [-0.1, -0.05) is 11.3 Å². The average molecular weight is 324 g/mol. The first-order valence-corrected chi connectivity index (χ1v) is 8.34. The number of amides is 1. The Bertz CT molecular complexity index is 731. The summed E-state index contributed by atoms with van der Waals surface area (Å²) in [6.07, 6.45) is 0.918. The molecule has 3 heterocycles. The van der Waals surface area contributed by atoms with Crippen LogP contribution in [0.25, 0.3) is 0 Å². The maximum atomic E-state index is 12.1. The molecule has 0 atom stereocenters. The molecule has 3 rings (SSSR count). The molecule has 0 aromatic carbocycles. The molecule has 0 fully saturated rings. The summed E-state index contributed by atoms with van der Waals surface area (Å²) in [4.78, 5) is 31.5. The lowest BCUT2D eigenvalue weighted by Crippen LogP contribution is -2.25. The van der Waals surface area contributed by atoms with Gasteiger partial charge in [0.15, 0.2) is 5.13 Å². The number of thiazole rings is 2. The van der Waals surface area contributed by atoms with Crippen molar-refractivity contribution in [3.8, 4) is 0 Å². The van der Waals surface area contributed by atoms with Gasteiger partial charge in [-0.15, -0.1) is 11.3 Å². The van der Waals surface area contributed by atoms with E-state index in [2.05, 4.69) is 22.2 Å². The van der Waals surface area contributed by atoms with E-state index in [1.807, 2.05) is 6.92 Å². The number of carbonyl (C=O) groups is 1. The lowest BCUT2D eigenvalue weighted by atomic mass is 10.2. The minimum Gasteiger partial charge on any atom is -0.301 e. The first-order valence-electron chi connectivity index (χ1n) is 6.65. The number of aromatic nitrogens is 2. The summed E-state index contributed by atoms with van der Waals surface area (Å²) < 4.78 is 1.47. The predicted octanol–water partition coefficient (Wildman–Crippen LogP) is 1.30. The number of anilines is 1. The molecule has 0 bridgehead atoms. The molecule has 1 N–H and O–H groups in total. The lowest BCUT2D eigenvalue weighted by Gasteiger charge is -2.20. The van der Waals surface area contributed by atoms with Gasteiger partial charge in [0, 0.05) is 35.5 Å². The Hall–Kier alpha value is -1.51. The second-order valence-corrected chi connectivity index (χ2v) is 7.06. The largest absolute Gasteiger partial charge is 0.307 e. The fourth-order valence-corrected chi connectivity index (χ4v) is 4.11. The van der Waals surface area contributed by atoms with Crippen molar-refractivity contribution in [2.24, 2.45) is 0 Å². The van der Waals surface area contributed by atoms with Crippen LogP contribution in [-0.4, -0.2) is 34.0 Å². The monoisotopic (exact) mass is 324 g/mol. The molecule has 1 aliphatic heterocycles. The molecule has 2 aromatic heterocycles. The summed E-state index contributed by atoms with van der Waals surface area (Å²) in [5, 5.41) is 5.19. The van der Waals surface area contributed by atoms with Gasteiger partial charge in [-0.3, -0.25) is 14.2 Å². The number of rotatable bonds is 3. The highest BCUT2D eigenvalue weighted by atomic mass is 32.1. The van der Waals surface area contributed by atoms with Crippen LogP contribution in [0.3, 0.4) is 0 Å². The molecule has 2 aromatic rings. The van der Waals surface area contributed by atoms with Gasteiger partial charge in [-0.05, 0) is 14.0 Å². The summed E-state index contributed by atoms with van der Waals surface area (Å²) in [5.74, 6) is -0.210. The Kier molecular flexibility index (Phi) is 3.92. The highest BCUT2D eigenvalue weighted by Crippen LogP contribution is 2.27. The molecule has 0 saturated carbocycles. The minimum absolute atomic E-state index is 0.0400. The number of aryl methyl sites for hydroxylation is 1. The highest BCUT2D eigenvalue weighted by molar-refractivity contribution is 7.15. The zero-order valence-electron chi connectivity index (χ0n) is 11.9. The van der Waals surface area contributed by atoms with Crippen molar-refractivity contribution in [2.45, 2.75) is 26.4 Å². The molecular weight excluding hydrogens is 308 g/mol. The maximum Gasteiger partial charge on any atom is 0.307 e. The van der Waals surface area contributed by atoms with Crippen molar-refractivity contribution in [2.75, 3.05) is 18.9 Å². The quantitative estimate of drug-likeness (QED) is 0.924. The van der Waals surface area contributed by atoms with E-state index in [0.717, 1.165) is 42.2 Å². The van der Waals surface area contributed by atoms with Crippen LogP contribution < -0.4 is 10.2 Å². The summed E-state index contributed by atoms with van der Waals surface area (Å²) in [7, 11) is 2.08. The van der Waals surface area contributed by atoms with Crippen LogP contribution in [0.2, 0.25) is 0 Å². The number of nitrogens with zero attached hydrogens (tertiary/aromatic N) is 3. The van der Waals surface area contributed by atoms with Crippen LogP contribution in [0.1, 0.15) is 16.3 Å². The van der Waals surface area contributed by atoms with E-state index in [9.17, 15) is 9.59 Å². The fraction of sp³-hybridized carbons (Fsp3) is 0.462. The first-order chi connectivity index (χ1) is 10.0. The third kappa shape index (κ3) is 3.07. The van der Waals surface area contributed by atoms with Gasteiger partial charge >= 0.3 is 4.87 Å². The van der Waals surface area contributed by atoms with E-state index in [-0.39, 0.29) is 17.3 Å². The van der Waals surface area contributed by atoms with Crippen LogP contribution in [-0.2, 0) is 24.3 Å². The lowest BCUT2D eigenvalue weighted by molar-refractivity contribution is -0.116. The van der Waals surface area contributed by atoms with Crippen LogP contribution in [0.4, 0.5) is 5.13 Å². The zero-order chi connectivity index (χ0) is 15.0. The van der Waals surface area contributed by atoms with Gasteiger partial charge in [-0.25, -0.2) is 4.98 Å². The Morgan fingerprint density at radius 2 is 2.33 bits per heavy atom. The molecule has 1 aliphatic rings. The van der Waals surface area contributed by atoms with Crippen LogP contribution in [0.5, 0.6) is 0 Å². The average Bonchev–Trinajstić information content (AvgIpc) is 2.95. The molecule has 21 heavy (non-hydrogen) atoms. The van der Waals surface area contributed by atoms with Crippen molar-refractivity contribution in [3.63, 3.8) is 0 Å². The van der Waals surface area contributed by atoms with Crippen LogP contribution in [0.15, 0.2) is 10.2 Å². The Labute approximate surface area is 130 Å². The number of fused-ring (bicyclic) bond motifs is 1. The topological polar surface area (TPSA) is 67.2 Å². The fourth-order valence-electron chi connectivity index (χ4n) is 2.28. The van der Waals surface area contributed by atoms with Gasteiger partial charge in [0.1, 0.15) is 6.54 Å². The zero-order valence-corrected chi connectivity index (χ0v) is 13.5. The summed E-state index contributed by atoms with van der Waals surface area (Å²) in [5.41, 5.74) is 1.89. The molecule has 0 radical (unpaired) electrons. The molecule has 1 amide bonds. The SMILES string of the molecule is Cc1csc(=O)n1CC(=O)Nc1nc2c(s1)CN(C)CC2. The van der Waals surface area contributed by atoms with E-state index >= 15 is 0 Å². The number of nitrogens with one attached hydrogen (secondary N) is 1. The minimum atomic E-state index is -0.210. The molecule has 8 heteroatoms. The van der Waals surface area contributed by atoms with Crippen molar-refractivity contribution < 1.29 is 4.79 Å². The Morgan fingerprint density at radius 3 is 3.05 bits per heavy atom. The standard InChI is InChI=1S/C13H16N4O2S2/c1-8-7-20-13(19)17(8)6-11(18)15-12-14-9-3-4-16(2)5-10(9)21-12/h7H,3-6H2,1-2H3,(H,14,15,18). The van der Waals surface area contributed by atoms with Crippen molar-refractivity contribution in [3.05, 3.63) is 31.3 Å². The first kappa shape index (κ1) is 14.4. The Balaban J connectivity index is 1.70. The Morgan fingerprint density at radius 1 is 1.52 bits per heavy atom. The van der Waals surface area contributed by atoms with Gasteiger partial charge in [-0.2, -0.15) is 0 Å². The van der Waals surface area contributed by atoms with Gasteiger partial charge < -0.3 is 10.2 Å². The normalized spacial score (nSPS) is 15.0. The van der Waals surface area contributed by atoms with Crippen LogP contribution in [0, 0.1) is 6.92 Å². The van der Waals surface area contributed by atoms with Crippen LogP contribution >= 0.6 is 22.7 Å². The highest BCUT2D eigenvalue weighted by Gasteiger charge is 2.19. The van der Waals surface area contributed by atoms with E-state index in [0.29, 0.717) is 5.13 Å². The summed E-state index contributed by atoms with van der Waals surface area (Å²) in [6, 6.07) is 0. The van der Waals surface area contributed by atoms with Crippen molar-refractivity contribution >= 4 is 33.7 Å². The number of likely N-dealkylation sites (N-methyl/N-ethyl adjacent to an activating group) is 1. The van der Waals surface area contributed by atoms with E-state index in [4.69, 9.17) is 0 Å². The van der Waals surface area contributed by atoms with E-state index in [1.54, 1.807) is 5.38 Å². The number of hydrogen-bond donors (Lipinski definition) is 1. The summed E-state index contributed by atoms with van der Waals surface area (Å²) in [6.45, 7) is 3.74. The molecule has 6 nitrogen and oxygen atoms in total. The van der Waals surface area contributed by atoms with Gasteiger partial charge in [0.2, 0.25) is 5.91 Å². The number of carbonyl (C=O) groups excluding carboxylic acids is 1. The van der Waals surface area contributed by atoms with Crippen molar-refractivity contribution in [1.29, 1.82) is 0 Å². The second-order valence-electron chi connectivity index (χ2n) is 5.15. The molecule has 0 unspecified atom stereocenters. The maximum absolute atomic E-state index is 12.1. The molecule has 0 aliphatic carbocycles. The predicted molar refractivity (Wildman–Crippen MR) is 84.1 cm³/mol. The van der Waals surface area contributed by atoms with Gasteiger partial charge in [0.05, 0.1) is 5.69 Å². The molecule has 0 spiro atoms. The second kappa shape index (κ2) is 5.70. The third-order valence-electron chi connectivity index (χ3n) is 3.45. The van der Waals surface area contributed by atoms with E-state index < -0.39 is 0 Å². The summed E-state index contributed by atoms with van der Waals surface area (Å²) >= 11 is 2.63. The van der Waals surface area contributed by atoms with Gasteiger partial charge in [0.25, 0.3) is 0 Å². The van der Waals surface area contributed by atoms with E-state index in [1.165, 1.54) is 20.8 Å².